The molecule has 6 heteroatoms. The summed E-state index contributed by atoms with van der Waals surface area (Å²) in [4.78, 5) is 25.4. The van der Waals surface area contributed by atoms with Crippen molar-refractivity contribution in [1.29, 1.82) is 0 Å². The minimum absolute atomic E-state index is 0.284. The fourth-order valence-electron chi connectivity index (χ4n) is 2.53. The topological polar surface area (TPSA) is 98.7 Å². The van der Waals surface area contributed by atoms with Gasteiger partial charge in [-0.2, -0.15) is 0 Å². The second kappa shape index (κ2) is 5.81. The lowest BCUT2D eigenvalue weighted by Gasteiger charge is -2.26. The molecule has 0 aliphatic carbocycles. The molecule has 1 amide bonds. The lowest BCUT2D eigenvalue weighted by Crippen LogP contribution is -2.41. The van der Waals surface area contributed by atoms with Gasteiger partial charge in [-0.25, -0.2) is 4.79 Å². The van der Waals surface area contributed by atoms with Crippen molar-refractivity contribution < 1.29 is 14.3 Å². The van der Waals surface area contributed by atoms with Gasteiger partial charge in [0.25, 0.3) is 0 Å². The zero-order valence-corrected chi connectivity index (χ0v) is 11.5. The number of primary amides is 1. The summed E-state index contributed by atoms with van der Waals surface area (Å²) in [6.45, 7) is 2.71. The van der Waals surface area contributed by atoms with Gasteiger partial charge in [0, 0.05) is 12.2 Å². The molecule has 1 heterocycles. The van der Waals surface area contributed by atoms with Crippen LogP contribution in [0.4, 0.5) is 11.4 Å². The Balaban J connectivity index is 2.40. The SMILES string of the molecule is CCOC(=O)c1cc(N)ccc1N1CCCC1C(N)=O. The molecule has 6 nitrogen and oxygen atoms in total. The van der Waals surface area contributed by atoms with Gasteiger partial charge < -0.3 is 21.1 Å². The number of hydrogen-bond donors (Lipinski definition) is 2. The molecule has 1 fully saturated rings. The van der Waals surface area contributed by atoms with Crippen LogP contribution in [0, 0.1) is 0 Å². The van der Waals surface area contributed by atoms with Gasteiger partial charge in [-0.1, -0.05) is 0 Å². The third-order valence-corrected chi connectivity index (χ3v) is 3.41. The Kier molecular flexibility index (Phi) is 4.12. The van der Waals surface area contributed by atoms with E-state index in [-0.39, 0.29) is 18.6 Å². The summed E-state index contributed by atoms with van der Waals surface area (Å²) in [6.07, 6.45) is 1.56. The van der Waals surface area contributed by atoms with Crippen LogP contribution in [-0.4, -0.2) is 31.1 Å². The Morgan fingerprint density at radius 1 is 1.45 bits per heavy atom. The van der Waals surface area contributed by atoms with Gasteiger partial charge in [-0.15, -0.1) is 0 Å². The fraction of sp³-hybridized carbons (Fsp3) is 0.429. The third-order valence-electron chi connectivity index (χ3n) is 3.41. The standard InChI is InChI=1S/C14H19N3O3/c1-2-20-14(19)10-8-9(15)5-6-11(10)17-7-3-4-12(17)13(16)18/h5-6,8,12H,2-4,7,15H2,1H3,(H2,16,18). The molecule has 1 saturated heterocycles. The normalized spacial score (nSPS) is 18.1. The van der Waals surface area contributed by atoms with E-state index in [4.69, 9.17) is 16.2 Å². The molecule has 0 radical (unpaired) electrons. The molecule has 1 unspecified atom stereocenters. The number of hydrogen-bond acceptors (Lipinski definition) is 5. The summed E-state index contributed by atoms with van der Waals surface area (Å²) >= 11 is 0. The van der Waals surface area contributed by atoms with Crippen LogP contribution in [0.3, 0.4) is 0 Å². The maximum Gasteiger partial charge on any atom is 0.340 e. The molecule has 0 spiro atoms. The lowest BCUT2D eigenvalue weighted by atomic mass is 10.1. The Bertz CT molecular complexity index is 530. The first kappa shape index (κ1) is 14.2. The number of carbonyl (C=O) groups is 2. The molecule has 1 aromatic carbocycles. The molecule has 4 N–H and O–H groups in total. The Morgan fingerprint density at radius 3 is 2.85 bits per heavy atom. The second-order valence-corrected chi connectivity index (χ2v) is 4.75. The molecular formula is C14H19N3O3. The molecule has 1 aliphatic rings. The Hall–Kier alpha value is -2.24. The number of amides is 1. The van der Waals surface area contributed by atoms with Crippen molar-refractivity contribution in [2.45, 2.75) is 25.8 Å². The minimum Gasteiger partial charge on any atom is -0.462 e. The van der Waals surface area contributed by atoms with Crippen LogP contribution in [0.2, 0.25) is 0 Å². The smallest absolute Gasteiger partial charge is 0.340 e. The van der Waals surface area contributed by atoms with Crippen molar-refractivity contribution in [3.05, 3.63) is 23.8 Å². The van der Waals surface area contributed by atoms with Gasteiger partial charge in [0.15, 0.2) is 0 Å². The molecule has 0 saturated carbocycles. The molecule has 0 bridgehead atoms. The van der Waals surface area contributed by atoms with Crippen molar-refractivity contribution in [2.75, 3.05) is 23.8 Å². The van der Waals surface area contributed by atoms with E-state index in [0.29, 0.717) is 29.9 Å². The summed E-state index contributed by atoms with van der Waals surface area (Å²) < 4.78 is 5.04. The number of rotatable bonds is 4. The zero-order valence-electron chi connectivity index (χ0n) is 11.5. The van der Waals surface area contributed by atoms with Crippen LogP contribution in [0.1, 0.15) is 30.1 Å². The Morgan fingerprint density at radius 2 is 2.20 bits per heavy atom. The average molecular weight is 277 g/mol. The molecule has 1 aromatic rings. The van der Waals surface area contributed by atoms with Gasteiger partial charge in [-0.3, -0.25) is 4.79 Å². The van der Waals surface area contributed by atoms with Gasteiger partial charge in [0.05, 0.1) is 17.9 Å². The summed E-state index contributed by atoms with van der Waals surface area (Å²) in [7, 11) is 0. The predicted octanol–water partition coefficient (Wildman–Crippen LogP) is 0.900. The highest BCUT2D eigenvalue weighted by atomic mass is 16.5. The number of carbonyl (C=O) groups excluding carboxylic acids is 2. The summed E-state index contributed by atoms with van der Waals surface area (Å²) in [5, 5.41) is 0. The van der Waals surface area contributed by atoms with Gasteiger partial charge in [-0.05, 0) is 38.0 Å². The van der Waals surface area contributed by atoms with Crippen LogP contribution in [-0.2, 0) is 9.53 Å². The molecule has 1 aliphatic heterocycles. The van der Waals surface area contributed by atoms with E-state index < -0.39 is 5.97 Å². The quantitative estimate of drug-likeness (QED) is 0.629. The molecule has 20 heavy (non-hydrogen) atoms. The minimum atomic E-state index is -0.440. The van der Waals surface area contributed by atoms with Crippen molar-refractivity contribution in [3.8, 4) is 0 Å². The van der Waals surface area contributed by atoms with Crippen LogP contribution >= 0.6 is 0 Å². The fourth-order valence-corrected chi connectivity index (χ4v) is 2.53. The average Bonchev–Trinajstić information content (AvgIpc) is 2.88. The highest BCUT2D eigenvalue weighted by Gasteiger charge is 2.31. The van der Waals surface area contributed by atoms with E-state index in [9.17, 15) is 9.59 Å². The van der Waals surface area contributed by atoms with Crippen molar-refractivity contribution >= 4 is 23.3 Å². The van der Waals surface area contributed by atoms with E-state index >= 15 is 0 Å². The zero-order chi connectivity index (χ0) is 14.7. The van der Waals surface area contributed by atoms with E-state index in [1.54, 1.807) is 25.1 Å². The number of nitrogens with two attached hydrogens (primary N) is 2. The summed E-state index contributed by atoms with van der Waals surface area (Å²) in [5.41, 5.74) is 12.7. The van der Waals surface area contributed by atoms with Crippen molar-refractivity contribution in [3.63, 3.8) is 0 Å². The van der Waals surface area contributed by atoms with Crippen LogP contribution in [0.15, 0.2) is 18.2 Å². The molecule has 2 rings (SSSR count). The number of nitrogen functional groups attached to an aromatic ring is 1. The largest absolute Gasteiger partial charge is 0.462 e. The van der Waals surface area contributed by atoms with Gasteiger partial charge in [0.2, 0.25) is 5.91 Å². The van der Waals surface area contributed by atoms with Crippen LogP contribution in [0.5, 0.6) is 0 Å². The van der Waals surface area contributed by atoms with Crippen molar-refractivity contribution in [2.24, 2.45) is 5.73 Å². The number of benzene rings is 1. The van der Waals surface area contributed by atoms with E-state index in [1.807, 2.05) is 4.90 Å². The van der Waals surface area contributed by atoms with E-state index in [2.05, 4.69) is 0 Å². The Labute approximate surface area is 117 Å². The van der Waals surface area contributed by atoms with Crippen LogP contribution < -0.4 is 16.4 Å². The maximum atomic E-state index is 12.0. The highest BCUT2D eigenvalue weighted by molar-refractivity contribution is 5.98. The third kappa shape index (κ3) is 2.68. The molecule has 0 aromatic heterocycles. The molecule has 1 atom stereocenters. The number of ether oxygens (including phenoxy) is 1. The summed E-state index contributed by atoms with van der Waals surface area (Å²) in [5.74, 6) is -0.820. The lowest BCUT2D eigenvalue weighted by molar-refractivity contribution is -0.119. The predicted molar refractivity (Wildman–Crippen MR) is 76.4 cm³/mol. The highest BCUT2D eigenvalue weighted by Crippen LogP contribution is 2.30. The van der Waals surface area contributed by atoms with E-state index in [0.717, 1.165) is 6.42 Å². The number of anilines is 2. The monoisotopic (exact) mass is 277 g/mol. The molecular weight excluding hydrogens is 258 g/mol. The first-order valence-corrected chi connectivity index (χ1v) is 6.67. The van der Waals surface area contributed by atoms with Gasteiger partial charge in [0.1, 0.15) is 6.04 Å². The summed E-state index contributed by atoms with van der Waals surface area (Å²) in [6, 6.07) is 4.63. The number of nitrogens with zero attached hydrogens (tertiary/aromatic N) is 1. The van der Waals surface area contributed by atoms with E-state index in [1.165, 1.54) is 0 Å². The van der Waals surface area contributed by atoms with Crippen LogP contribution in [0.25, 0.3) is 0 Å². The first-order valence-electron chi connectivity index (χ1n) is 6.67. The maximum absolute atomic E-state index is 12.0. The molecule has 108 valence electrons. The number of esters is 1. The second-order valence-electron chi connectivity index (χ2n) is 4.75. The van der Waals surface area contributed by atoms with Crippen molar-refractivity contribution in [1.82, 2.24) is 0 Å². The van der Waals surface area contributed by atoms with Gasteiger partial charge >= 0.3 is 5.97 Å². The first-order chi connectivity index (χ1) is 9.54.